The topological polar surface area (TPSA) is 61.6 Å². The molecule has 0 aliphatic carbocycles. The first kappa shape index (κ1) is 13.4. The minimum Gasteiger partial charge on any atom is -0.461 e. The van der Waals surface area contributed by atoms with Gasteiger partial charge < -0.3 is 15.2 Å². The number of nitrogens with two attached hydrogens (primary N) is 1. The van der Waals surface area contributed by atoms with Gasteiger partial charge in [-0.05, 0) is 48.4 Å². The number of anilines is 1. The molecule has 3 rings (SSSR count). The summed E-state index contributed by atoms with van der Waals surface area (Å²) in [6.45, 7) is 2.02. The Labute approximate surface area is 121 Å². The fourth-order valence-electron chi connectivity index (χ4n) is 2.34. The van der Waals surface area contributed by atoms with Crippen molar-refractivity contribution >= 4 is 33.1 Å². The predicted molar refractivity (Wildman–Crippen MR) is 80.1 cm³/mol. The first-order valence-corrected chi connectivity index (χ1v) is 7.58. The smallest absolute Gasteiger partial charge is 0.348 e. The highest BCUT2D eigenvalue weighted by molar-refractivity contribution is 7.20. The van der Waals surface area contributed by atoms with Crippen LogP contribution in [-0.4, -0.2) is 25.8 Å². The average Bonchev–Trinajstić information content (AvgIpc) is 2.89. The van der Waals surface area contributed by atoms with Gasteiger partial charge in [0.15, 0.2) is 0 Å². The standard InChI is InChI=1S/C15H17NO3S/c16-12-1-2-13-11(7-12)8-14(20-13)15(17)19-9-10-3-5-18-6-4-10/h1-2,7-8,10H,3-6,9,16H2. The van der Waals surface area contributed by atoms with Crippen molar-refractivity contribution < 1.29 is 14.3 Å². The second kappa shape index (κ2) is 5.81. The number of hydrogen-bond donors (Lipinski definition) is 1. The normalized spacial score (nSPS) is 16.4. The third-order valence-corrected chi connectivity index (χ3v) is 4.63. The zero-order valence-electron chi connectivity index (χ0n) is 11.1. The lowest BCUT2D eigenvalue weighted by Gasteiger charge is -2.21. The first-order valence-electron chi connectivity index (χ1n) is 6.76. The Hall–Kier alpha value is -1.59. The molecule has 0 bridgehead atoms. The number of carbonyl (C=O) groups excluding carboxylic acids is 1. The molecule has 0 amide bonds. The third kappa shape index (κ3) is 2.94. The second-order valence-electron chi connectivity index (χ2n) is 5.06. The van der Waals surface area contributed by atoms with Crippen LogP contribution in [0.3, 0.4) is 0 Å². The highest BCUT2D eigenvalue weighted by Crippen LogP contribution is 2.28. The molecule has 2 aromatic rings. The van der Waals surface area contributed by atoms with Gasteiger partial charge in [0.05, 0.1) is 6.61 Å². The highest BCUT2D eigenvalue weighted by atomic mass is 32.1. The maximum Gasteiger partial charge on any atom is 0.348 e. The Bertz CT molecular complexity index is 617. The Balaban J connectivity index is 1.65. The number of ether oxygens (including phenoxy) is 2. The van der Waals surface area contributed by atoms with Crippen LogP contribution in [-0.2, 0) is 9.47 Å². The summed E-state index contributed by atoms with van der Waals surface area (Å²) < 4.78 is 11.8. The Morgan fingerprint density at radius 2 is 2.15 bits per heavy atom. The van der Waals surface area contributed by atoms with Crippen molar-refractivity contribution in [3.63, 3.8) is 0 Å². The SMILES string of the molecule is Nc1ccc2sc(C(=O)OCC3CCOCC3)cc2c1. The van der Waals surface area contributed by atoms with Crippen molar-refractivity contribution in [1.82, 2.24) is 0 Å². The van der Waals surface area contributed by atoms with Gasteiger partial charge in [-0.3, -0.25) is 0 Å². The van der Waals surface area contributed by atoms with Gasteiger partial charge in [-0.2, -0.15) is 0 Å². The molecule has 1 aromatic carbocycles. The molecule has 2 heterocycles. The van der Waals surface area contributed by atoms with Crippen molar-refractivity contribution in [3.05, 3.63) is 29.1 Å². The van der Waals surface area contributed by atoms with Crippen LogP contribution in [0.5, 0.6) is 0 Å². The minimum atomic E-state index is -0.240. The molecule has 0 spiro atoms. The van der Waals surface area contributed by atoms with E-state index in [-0.39, 0.29) is 5.97 Å². The summed E-state index contributed by atoms with van der Waals surface area (Å²) in [5.41, 5.74) is 6.45. The van der Waals surface area contributed by atoms with E-state index in [4.69, 9.17) is 15.2 Å². The molecule has 1 aromatic heterocycles. The fourth-order valence-corrected chi connectivity index (χ4v) is 3.28. The van der Waals surface area contributed by atoms with E-state index in [0.717, 1.165) is 36.1 Å². The molecule has 4 nitrogen and oxygen atoms in total. The molecular weight excluding hydrogens is 274 g/mol. The molecule has 0 radical (unpaired) electrons. The molecule has 106 valence electrons. The molecule has 1 aliphatic heterocycles. The third-order valence-electron chi connectivity index (χ3n) is 3.53. The lowest BCUT2D eigenvalue weighted by atomic mass is 10.0. The lowest BCUT2D eigenvalue weighted by molar-refractivity contribution is 0.0189. The summed E-state index contributed by atoms with van der Waals surface area (Å²) in [4.78, 5) is 12.7. The summed E-state index contributed by atoms with van der Waals surface area (Å²) in [5.74, 6) is 0.189. The van der Waals surface area contributed by atoms with Gasteiger partial charge in [0.25, 0.3) is 0 Å². The van der Waals surface area contributed by atoms with Gasteiger partial charge >= 0.3 is 5.97 Å². The first-order chi connectivity index (χ1) is 9.72. The molecule has 0 unspecified atom stereocenters. The van der Waals surface area contributed by atoms with Crippen LogP contribution in [0.4, 0.5) is 5.69 Å². The predicted octanol–water partition coefficient (Wildman–Crippen LogP) is 3.07. The Kier molecular flexibility index (Phi) is 3.89. The van der Waals surface area contributed by atoms with E-state index in [1.54, 1.807) is 0 Å². The molecule has 1 aliphatic rings. The maximum atomic E-state index is 12.1. The zero-order valence-corrected chi connectivity index (χ0v) is 11.9. The molecule has 1 saturated heterocycles. The molecule has 1 fully saturated rings. The Morgan fingerprint density at radius 1 is 1.35 bits per heavy atom. The van der Waals surface area contributed by atoms with Crippen LogP contribution in [0.25, 0.3) is 10.1 Å². The van der Waals surface area contributed by atoms with E-state index < -0.39 is 0 Å². The van der Waals surface area contributed by atoms with E-state index in [1.165, 1.54) is 11.3 Å². The monoisotopic (exact) mass is 291 g/mol. The summed E-state index contributed by atoms with van der Waals surface area (Å²) in [6, 6.07) is 7.50. The quantitative estimate of drug-likeness (QED) is 0.697. The number of carbonyl (C=O) groups is 1. The average molecular weight is 291 g/mol. The van der Waals surface area contributed by atoms with Crippen LogP contribution in [0.15, 0.2) is 24.3 Å². The summed E-state index contributed by atoms with van der Waals surface area (Å²) in [5, 5.41) is 0.994. The van der Waals surface area contributed by atoms with Crippen LogP contribution >= 0.6 is 11.3 Å². The number of thiophene rings is 1. The van der Waals surface area contributed by atoms with Crippen LogP contribution in [0.2, 0.25) is 0 Å². The molecule has 5 heteroatoms. The van der Waals surface area contributed by atoms with Gasteiger partial charge in [-0.15, -0.1) is 11.3 Å². The number of hydrogen-bond acceptors (Lipinski definition) is 5. The summed E-state index contributed by atoms with van der Waals surface area (Å²) in [6.07, 6.45) is 1.94. The van der Waals surface area contributed by atoms with E-state index in [0.29, 0.717) is 23.1 Å². The van der Waals surface area contributed by atoms with Gasteiger partial charge in [-0.25, -0.2) is 4.79 Å². The number of esters is 1. The number of nitrogen functional groups attached to an aromatic ring is 1. The Morgan fingerprint density at radius 3 is 2.95 bits per heavy atom. The van der Waals surface area contributed by atoms with E-state index in [2.05, 4.69) is 0 Å². The highest BCUT2D eigenvalue weighted by Gasteiger charge is 2.17. The second-order valence-corrected chi connectivity index (χ2v) is 6.15. The van der Waals surface area contributed by atoms with Crippen molar-refractivity contribution in [3.8, 4) is 0 Å². The van der Waals surface area contributed by atoms with Crippen molar-refractivity contribution in [2.45, 2.75) is 12.8 Å². The lowest BCUT2D eigenvalue weighted by Crippen LogP contribution is -2.21. The van der Waals surface area contributed by atoms with Crippen LogP contribution < -0.4 is 5.73 Å². The number of benzene rings is 1. The van der Waals surface area contributed by atoms with Crippen molar-refractivity contribution in [2.75, 3.05) is 25.6 Å². The van der Waals surface area contributed by atoms with E-state index in [9.17, 15) is 4.79 Å². The minimum absolute atomic E-state index is 0.240. The molecule has 0 atom stereocenters. The molecule has 2 N–H and O–H groups in total. The van der Waals surface area contributed by atoms with E-state index in [1.807, 2.05) is 24.3 Å². The van der Waals surface area contributed by atoms with Crippen molar-refractivity contribution in [2.24, 2.45) is 5.92 Å². The van der Waals surface area contributed by atoms with Gasteiger partial charge in [0.2, 0.25) is 0 Å². The molecule has 20 heavy (non-hydrogen) atoms. The maximum absolute atomic E-state index is 12.1. The van der Waals surface area contributed by atoms with Crippen LogP contribution in [0, 0.1) is 5.92 Å². The van der Waals surface area contributed by atoms with Crippen LogP contribution in [0.1, 0.15) is 22.5 Å². The largest absolute Gasteiger partial charge is 0.461 e. The summed E-state index contributed by atoms with van der Waals surface area (Å²) in [7, 11) is 0. The van der Waals surface area contributed by atoms with E-state index >= 15 is 0 Å². The zero-order chi connectivity index (χ0) is 13.9. The van der Waals surface area contributed by atoms with Gasteiger partial charge in [-0.1, -0.05) is 0 Å². The van der Waals surface area contributed by atoms with Gasteiger partial charge in [0.1, 0.15) is 4.88 Å². The summed E-state index contributed by atoms with van der Waals surface area (Å²) >= 11 is 1.45. The van der Waals surface area contributed by atoms with Crippen molar-refractivity contribution in [1.29, 1.82) is 0 Å². The van der Waals surface area contributed by atoms with Gasteiger partial charge in [0, 0.05) is 23.6 Å². The molecule has 0 saturated carbocycles. The number of fused-ring (bicyclic) bond motifs is 1. The number of rotatable bonds is 3. The fraction of sp³-hybridized carbons (Fsp3) is 0.400. The molecular formula is C15H17NO3S.